The average Bonchev–Trinajstić information content (AvgIpc) is 2.39. The lowest BCUT2D eigenvalue weighted by atomic mass is 10.3. The molecule has 1 N–H and O–H groups in total. The Hall–Kier alpha value is -2.57. The third-order valence-corrected chi connectivity index (χ3v) is 2.01. The second-order valence-electron chi connectivity index (χ2n) is 3.06. The van der Waals surface area contributed by atoms with Crippen molar-refractivity contribution in [1.29, 1.82) is 0 Å². The van der Waals surface area contributed by atoms with Gasteiger partial charge in [-0.2, -0.15) is 0 Å². The molecule has 0 fully saturated rings. The predicted molar refractivity (Wildman–Crippen MR) is 57.2 cm³/mol. The van der Waals surface area contributed by atoms with Crippen LogP contribution in [0.5, 0.6) is 0 Å². The number of aromatic nitrogens is 4. The van der Waals surface area contributed by atoms with Crippen LogP contribution in [0.15, 0.2) is 29.6 Å². The summed E-state index contributed by atoms with van der Waals surface area (Å²) < 4.78 is 4.44. The van der Waals surface area contributed by atoms with E-state index in [4.69, 9.17) is 0 Å². The molecule has 2 rings (SSSR count). The zero-order valence-electron chi connectivity index (χ0n) is 8.88. The van der Waals surface area contributed by atoms with Gasteiger partial charge in [-0.1, -0.05) is 0 Å². The molecule has 7 heteroatoms. The Labute approximate surface area is 95.5 Å². The van der Waals surface area contributed by atoms with E-state index in [1.807, 2.05) is 0 Å². The summed E-state index contributed by atoms with van der Waals surface area (Å²) in [5.74, 6) is -0.486. The van der Waals surface area contributed by atoms with Crippen LogP contribution in [0.4, 0.5) is 0 Å². The van der Waals surface area contributed by atoms with Crippen molar-refractivity contribution in [2.75, 3.05) is 7.11 Å². The molecule has 0 atom stereocenters. The number of ether oxygens (including phenoxy) is 1. The van der Waals surface area contributed by atoms with Crippen molar-refractivity contribution in [2.45, 2.75) is 0 Å². The molecule has 0 aliphatic heterocycles. The Bertz CT molecular complexity index is 594. The lowest BCUT2D eigenvalue weighted by Gasteiger charge is -2.00. The topological polar surface area (TPSA) is 97.8 Å². The molecule has 0 saturated heterocycles. The molecule has 0 aromatic carbocycles. The van der Waals surface area contributed by atoms with Gasteiger partial charge in [-0.3, -0.25) is 9.78 Å². The molecule has 2 heterocycles. The maximum Gasteiger partial charge on any atom is 0.345 e. The second-order valence-corrected chi connectivity index (χ2v) is 3.06. The normalized spacial score (nSPS) is 9.94. The molecule has 2 aromatic rings. The number of esters is 1. The monoisotopic (exact) mass is 232 g/mol. The average molecular weight is 232 g/mol. The molecule has 0 radical (unpaired) electrons. The first kappa shape index (κ1) is 10.9. The fraction of sp³-hybridized carbons (Fsp3) is 0.100. The first-order valence-electron chi connectivity index (χ1n) is 4.66. The molecule has 0 saturated carbocycles. The maximum atomic E-state index is 11.6. The van der Waals surface area contributed by atoms with Crippen molar-refractivity contribution >= 4 is 5.97 Å². The number of carbonyl (C=O) groups is 1. The van der Waals surface area contributed by atoms with Gasteiger partial charge in [0.25, 0.3) is 5.56 Å². The van der Waals surface area contributed by atoms with Crippen LogP contribution in [0.25, 0.3) is 11.5 Å². The van der Waals surface area contributed by atoms with E-state index in [1.165, 1.54) is 25.7 Å². The van der Waals surface area contributed by atoms with E-state index in [2.05, 4.69) is 24.7 Å². The molecular formula is C10H8N4O3. The van der Waals surface area contributed by atoms with Crippen LogP contribution in [0.1, 0.15) is 10.4 Å². The van der Waals surface area contributed by atoms with Crippen molar-refractivity contribution < 1.29 is 9.53 Å². The summed E-state index contributed by atoms with van der Waals surface area (Å²) in [6.07, 6.45) is 5.58. The van der Waals surface area contributed by atoms with Crippen LogP contribution in [0.2, 0.25) is 0 Å². The highest BCUT2D eigenvalue weighted by Gasteiger charge is 2.12. The number of carbonyl (C=O) groups excluding carboxylic acids is 1. The van der Waals surface area contributed by atoms with E-state index in [9.17, 15) is 9.59 Å². The van der Waals surface area contributed by atoms with Crippen molar-refractivity contribution in [3.8, 4) is 11.5 Å². The first-order valence-corrected chi connectivity index (χ1v) is 4.66. The Kier molecular flexibility index (Phi) is 2.91. The SMILES string of the molecule is COC(=O)c1cnc(-c2cnccn2)[nH]c1=O. The quantitative estimate of drug-likeness (QED) is 0.732. The molecule has 0 aliphatic carbocycles. The van der Waals surface area contributed by atoms with Gasteiger partial charge in [-0.05, 0) is 0 Å². The van der Waals surface area contributed by atoms with Gasteiger partial charge in [-0.25, -0.2) is 14.8 Å². The van der Waals surface area contributed by atoms with Crippen molar-refractivity contribution in [3.05, 3.63) is 40.7 Å². The van der Waals surface area contributed by atoms with Crippen molar-refractivity contribution in [2.24, 2.45) is 0 Å². The van der Waals surface area contributed by atoms with E-state index in [-0.39, 0.29) is 11.4 Å². The zero-order chi connectivity index (χ0) is 12.3. The highest BCUT2D eigenvalue weighted by atomic mass is 16.5. The van der Waals surface area contributed by atoms with Crippen LogP contribution < -0.4 is 5.56 Å². The molecule has 2 aromatic heterocycles. The van der Waals surface area contributed by atoms with Crippen LogP contribution in [-0.4, -0.2) is 33.0 Å². The van der Waals surface area contributed by atoms with E-state index < -0.39 is 11.5 Å². The van der Waals surface area contributed by atoms with Gasteiger partial charge in [-0.15, -0.1) is 0 Å². The van der Waals surface area contributed by atoms with Gasteiger partial charge in [0.15, 0.2) is 5.82 Å². The van der Waals surface area contributed by atoms with E-state index in [0.717, 1.165) is 6.20 Å². The number of nitrogens with zero attached hydrogens (tertiary/aromatic N) is 3. The predicted octanol–water partition coefficient (Wildman–Crippen LogP) is 0.0135. The summed E-state index contributed by atoms with van der Waals surface area (Å²) in [7, 11) is 1.19. The maximum absolute atomic E-state index is 11.6. The lowest BCUT2D eigenvalue weighted by Crippen LogP contribution is -2.20. The zero-order valence-corrected chi connectivity index (χ0v) is 8.88. The van der Waals surface area contributed by atoms with Crippen LogP contribution in [0, 0.1) is 0 Å². The first-order chi connectivity index (χ1) is 8.22. The summed E-state index contributed by atoms with van der Waals surface area (Å²) in [6.45, 7) is 0. The second kappa shape index (κ2) is 4.52. The highest BCUT2D eigenvalue weighted by molar-refractivity contribution is 5.88. The number of hydrogen-bond donors (Lipinski definition) is 1. The van der Waals surface area contributed by atoms with Crippen LogP contribution >= 0.6 is 0 Å². The third-order valence-electron chi connectivity index (χ3n) is 2.01. The molecule has 0 aliphatic rings. The molecule has 86 valence electrons. The Balaban J connectivity index is 2.45. The Morgan fingerprint density at radius 1 is 1.29 bits per heavy atom. The number of aromatic amines is 1. The van der Waals surface area contributed by atoms with Gasteiger partial charge in [0, 0.05) is 18.6 Å². The summed E-state index contributed by atoms with van der Waals surface area (Å²) in [6, 6.07) is 0. The summed E-state index contributed by atoms with van der Waals surface area (Å²) in [5, 5.41) is 0. The minimum Gasteiger partial charge on any atom is -0.465 e. The van der Waals surface area contributed by atoms with Gasteiger partial charge in [0.1, 0.15) is 11.3 Å². The molecule has 7 nitrogen and oxygen atoms in total. The van der Waals surface area contributed by atoms with Crippen LogP contribution in [0.3, 0.4) is 0 Å². The summed E-state index contributed by atoms with van der Waals surface area (Å²) >= 11 is 0. The van der Waals surface area contributed by atoms with Crippen molar-refractivity contribution in [1.82, 2.24) is 19.9 Å². The number of methoxy groups -OCH3 is 1. The summed E-state index contributed by atoms with van der Waals surface area (Å²) in [4.78, 5) is 36.9. The van der Waals surface area contributed by atoms with Gasteiger partial charge in [0.05, 0.1) is 13.3 Å². The van der Waals surface area contributed by atoms with E-state index in [1.54, 1.807) is 0 Å². The van der Waals surface area contributed by atoms with Gasteiger partial charge < -0.3 is 9.72 Å². The van der Waals surface area contributed by atoms with E-state index >= 15 is 0 Å². The highest BCUT2D eigenvalue weighted by Crippen LogP contribution is 2.06. The minimum atomic E-state index is -0.732. The van der Waals surface area contributed by atoms with Gasteiger partial charge in [0.2, 0.25) is 0 Å². The van der Waals surface area contributed by atoms with Gasteiger partial charge >= 0.3 is 5.97 Å². The lowest BCUT2D eigenvalue weighted by molar-refractivity contribution is 0.0598. The summed E-state index contributed by atoms with van der Waals surface area (Å²) in [5.41, 5.74) is -0.311. The largest absolute Gasteiger partial charge is 0.465 e. The van der Waals surface area contributed by atoms with Crippen molar-refractivity contribution in [3.63, 3.8) is 0 Å². The molecule has 0 spiro atoms. The Morgan fingerprint density at radius 2 is 2.12 bits per heavy atom. The molecule has 0 unspecified atom stereocenters. The van der Waals surface area contributed by atoms with E-state index in [0.29, 0.717) is 5.69 Å². The Morgan fingerprint density at radius 3 is 2.71 bits per heavy atom. The van der Waals surface area contributed by atoms with Crippen LogP contribution in [-0.2, 0) is 4.74 Å². The molecule has 0 bridgehead atoms. The molecule has 17 heavy (non-hydrogen) atoms. The molecular weight excluding hydrogens is 224 g/mol. The molecule has 0 amide bonds. The fourth-order valence-electron chi connectivity index (χ4n) is 1.20. The number of nitrogens with one attached hydrogen (secondary N) is 1. The number of rotatable bonds is 2. The number of H-pyrrole nitrogens is 1. The smallest absolute Gasteiger partial charge is 0.345 e. The minimum absolute atomic E-state index is 0.153. The standard InChI is InChI=1S/C10H8N4O3/c1-17-10(16)6-4-13-8(14-9(6)15)7-5-11-2-3-12-7/h2-5H,1H3,(H,13,14,15). The fourth-order valence-corrected chi connectivity index (χ4v) is 1.20. The number of hydrogen-bond acceptors (Lipinski definition) is 6. The third kappa shape index (κ3) is 2.17.